The fraction of sp³-hybridized carbons (Fsp3) is 0.143. The minimum absolute atomic E-state index is 0.615. The number of benzene rings is 1. The Morgan fingerprint density at radius 2 is 2.06 bits per heavy atom. The molecule has 17 heavy (non-hydrogen) atoms. The standard InChI is InChI=1S/C14H12O2S/c1-9-11(5-7-16-9)13(15)12-4-2-3-10-6-8-17-14(10)12/h2-8,13,15H,1H3. The average Bonchev–Trinajstić information content (AvgIpc) is 2.95. The maximum absolute atomic E-state index is 10.4. The highest BCUT2D eigenvalue weighted by Crippen LogP contribution is 2.33. The van der Waals surface area contributed by atoms with Gasteiger partial charge in [0, 0.05) is 15.8 Å². The van der Waals surface area contributed by atoms with Gasteiger partial charge in [0.05, 0.1) is 6.26 Å². The van der Waals surface area contributed by atoms with Gasteiger partial charge in [0.25, 0.3) is 0 Å². The van der Waals surface area contributed by atoms with E-state index in [0.717, 1.165) is 21.6 Å². The first-order valence-electron chi connectivity index (χ1n) is 5.45. The zero-order chi connectivity index (χ0) is 11.8. The number of fused-ring (bicyclic) bond motifs is 1. The molecule has 0 saturated carbocycles. The highest BCUT2D eigenvalue weighted by molar-refractivity contribution is 7.17. The van der Waals surface area contributed by atoms with Crippen LogP contribution in [0.25, 0.3) is 10.1 Å². The molecule has 0 bridgehead atoms. The quantitative estimate of drug-likeness (QED) is 0.742. The van der Waals surface area contributed by atoms with Crippen LogP contribution in [0, 0.1) is 6.92 Å². The normalized spacial score (nSPS) is 13.1. The van der Waals surface area contributed by atoms with Gasteiger partial charge in [0.15, 0.2) is 0 Å². The van der Waals surface area contributed by atoms with Crippen molar-refractivity contribution in [1.82, 2.24) is 0 Å². The number of aliphatic hydroxyl groups is 1. The Labute approximate surface area is 103 Å². The van der Waals surface area contributed by atoms with E-state index in [1.165, 1.54) is 5.39 Å². The second-order valence-corrected chi connectivity index (χ2v) is 4.94. The van der Waals surface area contributed by atoms with E-state index in [-0.39, 0.29) is 0 Å². The molecule has 86 valence electrons. The Hall–Kier alpha value is -1.58. The number of thiophene rings is 1. The van der Waals surface area contributed by atoms with Gasteiger partial charge < -0.3 is 9.52 Å². The highest BCUT2D eigenvalue weighted by Gasteiger charge is 2.17. The lowest BCUT2D eigenvalue weighted by atomic mass is 10.0. The summed E-state index contributed by atoms with van der Waals surface area (Å²) in [6.45, 7) is 1.87. The third-order valence-electron chi connectivity index (χ3n) is 3.00. The molecule has 2 aromatic heterocycles. The molecule has 0 aliphatic heterocycles. The van der Waals surface area contributed by atoms with Gasteiger partial charge in [-0.05, 0) is 29.8 Å². The third kappa shape index (κ3) is 1.68. The van der Waals surface area contributed by atoms with Crippen molar-refractivity contribution in [1.29, 1.82) is 0 Å². The van der Waals surface area contributed by atoms with E-state index in [0.29, 0.717) is 0 Å². The number of furan rings is 1. The molecule has 1 unspecified atom stereocenters. The molecule has 1 atom stereocenters. The van der Waals surface area contributed by atoms with Gasteiger partial charge in [-0.1, -0.05) is 18.2 Å². The van der Waals surface area contributed by atoms with Crippen LogP contribution in [-0.2, 0) is 0 Å². The lowest BCUT2D eigenvalue weighted by Crippen LogP contribution is -1.99. The summed E-state index contributed by atoms with van der Waals surface area (Å²) in [5.41, 5.74) is 1.79. The molecule has 1 N–H and O–H groups in total. The molecule has 3 heteroatoms. The molecule has 0 saturated heterocycles. The lowest BCUT2D eigenvalue weighted by molar-refractivity contribution is 0.219. The SMILES string of the molecule is Cc1occc1C(O)c1cccc2ccsc12. The van der Waals surface area contributed by atoms with E-state index in [2.05, 4.69) is 12.1 Å². The summed E-state index contributed by atoms with van der Waals surface area (Å²) in [5.74, 6) is 0.769. The van der Waals surface area contributed by atoms with E-state index in [4.69, 9.17) is 4.42 Å². The molecule has 2 heterocycles. The summed E-state index contributed by atoms with van der Waals surface area (Å²) in [4.78, 5) is 0. The molecular weight excluding hydrogens is 232 g/mol. The fourth-order valence-corrected chi connectivity index (χ4v) is 3.02. The average molecular weight is 244 g/mol. The van der Waals surface area contributed by atoms with Crippen molar-refractivity contribution in [2.24, 2.45) is 0 Å². The first kappa shape index (κ1) is 10.6. The maximum Gasteiger partial charge on any atom is 0.109 e. The summed E-state index contributed by atoms with van der Waals surface area (Å²) >= 11 is 1.65. The second kappa shape index (κ2) is 4.02. The van der Waals surface area contributed by atoms with E-state index >= 15 is 0 Å². The molecule has 0 aliphatic rings. The van der Waals surface area contributed by atoms with Crippen LogP contribution in [0.1, 0.15) is 23.0 Å². The molecule has 1 aromatic carbocycles. The number of rotatable bonds is 2. The summed E-state index contributed by atoms with van der Waals surface area (Å²) in [6.07, 6.45) is 0.999. The minimum atomic E-state index is -0.615. The van der Waals surface area contributed by atoms with Crippen LogP contribution in [-0.4, -0.2) is 5.11 Å². The molecule has 0 fully saturated rings. The molecule has 0 aliphatic carbocycles. The van der Waals surface area contributed by atoms with Gasteiger partial charge in [0.1, 0.15) is 11.9 Å². The van der Waals surface area contributed by atoms with Gasteiger partial charge >= 0.3 is 0 Å². The van der Waals surface area contributed by atoms with Gasteiger partial charge in [-0.25, -0.2) is 0 Å². The minimum Gasteiger partial charge on any atom is -0.469 e. The van der Waals surface area contributed by atoms with Crippen LogP contribution < -0.4 is 0 Å². The summed E-state index contributed by atoms with van der Waals surface area (Å²) in [5, 5.41) is 13.6. The number of aryl methyl sites for hydroxylation is 1. The largest absolute Gasteiger partial charge is 0.469 e. The summed E-state index contributed by atoms with van der Waals surface area (Å²) < 4.78 is 6.38. The monoisotopic (exact) mass is 244 g/mol. The van der Waals surface area contributed by atoms with Crippen molar-refractivity contribution < 1.29 is 9.52 Å². The third-order valence-corrected chi connectivity index (χ3v) is 3.98. The van der Waals surface area contributed by atoms with E-state index in [1.54, 1.807) is 17.6 Å². The van der Waals surface area contributed by atoms with Crippen molar-refractivity contribution in [3.8, 4) is 0 Å². The zero-order valence-electron chi connectivity index (χ0n) is 9.38. The number of hydrogen-bond acceptors (Lipinski definition) is 3. The highest BCUT2D eigenvalue weighted by atomic mass is 32.1. The van der Waals surface area contributed by atoms with Gasteiger partial charge in [-0.2, -0.15) is 0 Å². The van der Waals surface area contributed by atoms with Gasteiger partial charge in [-0.3, -0.25) is 0 Å². The number of aliphatic hydroxyl groups excluding tert-OH is 1. The molecule has 0 radical (unpaired) electrons. The molecule has 0 spiro atoms. The Bertz CT molecular complexity index is 651. The second-order valence-electron chi connectivity index (χ2n) is 4.02. The molecular formula is C14H12O2S. The van der Waals surface area contributed by atoms with Crippen molar-refractivity contribution in [3.63, 3.8) is 0 Å². The first-order valence-corrected chi connectivity index (χ1v) is 6.33. The molecule has 0 amide bonds. The predicted octanol–water partition coefficient (Wildman–Crippen LogP) is 3.88. The van der Waals surface area contributed by atoms with Crippen LogP contribution in [0.2, 0.25) is 0 Å². The number of hydrogen-bond donors (Lipinski definition) is 1. The van der Waals surface area contributed by atoms with Crippen molar-refractivity contribution in [2.45, 2.75) is 13.0 Å². The molecule has 3 aromatic rings. The summed E-state index contributed by atoms with van der Waals surface area (Å²) in [7, 11) is 0. The Balaban J connectivity index is 2.15. The van der Waals surface area contributed by atoms with Crippen molar-refractivity contribution in [2.75, 3.05) is 0 Å². The fourth-order valence-electron chi connectivity index (χ4n) is 2.08. The van der Waals surface area contributed by atoms with Crippen molar-refractivity contribution in [3.05, 3.63) is 58.9 Å². The lowest BCUT2D eigenvalue weighted by Gasteiger charge is -2.11. The van der Waals surface area contributed by atoms with Crippen LogP contribution in [0.3, 0.4) is 0 Å². The van der Waals surface area contributed by atoms with Crippen LogP contribution >= 0.6 is 11.3 Å². The zero-order valence-corrected chi connectivity index (χ0v) is 10.2. The van der Waals surface area contributed by atoms with E-state index in [1.807, 2.05) is 30.5 Å². The maximum atomic E-state index is 10.4. The van der Waals surface area contributed by atoms with E-state index < -0.39 is 6.10 Å². The summed E-state index contributed by atoms with van der Waals surface area (Å²) in [6, 6.07) is 9.90. The van der Waals surface area contributed by atoms with Crippen LogP contribution in [0.15, 0.2) is 46.4 Å². The topological polar surface area (TPSA) is 33.4 Å². The molecule has 2 nitrogen and oxygen atoms in total. The molecule has 3 rings (SSSR count). The van der Waals surface area contributed by atoms with E-state index in [9.17, 15) is 5.11 Å². The van der Waals surface area contributed by atoms with Gasteiger partial charge in [0.2, 0.25) is 0 Å². The Morgan fingerprint density at radius 1 is 1.18 bits per heavy atom. The van der Waals surface area contributed by atoms with Crippen LogP contribution in [0.5, 0.6) is 0 Å². The van der Waals surface area contributed by atoms with Crippen molar-refractivity contribution >= 4 is 21.4 Å². The smallest absolute Gasteiger partial charge is 0.109 e. The Kier molecular flexibility index (Phi) is 2.50. The van der Waals surface area contributed by atoms with Crippen LogP contribution in [0.4, 0.5) is 0 Å². The Morgan fingerprint density at radius 3 is 2.82 bits per heavy atom. The van der Waals surface area contributed by atoms with Gasteiger partial charge in [-0.15, -0.1) is 11.3 Å². The first-order chi connectivity index (χ1) is 8.27. The predicted molar refractivity (Wildman–Crippen MR) is 69.3 cm³/mol.